The summed E-state index contributed by atoms with van der Waals surface area (Å²) in [6.07, 6.45) is 2.48. The molecule has 0 fully saturated rings. The molecule has 13 heavy (non-hydrogen) atoms. The molecule has 0 aliphatic carbocycles. The normalized spacial score (nSPS) is 10.4. The zero-order valence-corrected chi connectivity index (χ0v) is 10.3. The van der Waals surface area contributed by atoms with Gasteiger partial charge in [0.05, 0.1) is 0 Å². The van der Waals surface area contributed by atoms with Crippen molar-refractivity contribution in [2.24, 2.45) is 0 Å². The smallest absolute Gasteiger partial charge is 0.127 e. The number of rotatable bonds is 4. The van der Waals surface area contributed by atoms with E-state index in [-0.39, 0.29) is 0 Å². The first-order valence-electron chi connectivity index (χ1n) is 4.36. The van der Waals surface area contributed by atoms with Crippen LogP contribution in [0.15, 0.2) is 15.7 Å². The van der Waals surface area contributed by atoms with Gasteiger partial charge in [0.25, 0.3) is 0 Å². The molecule has 0 radical (unpaired) electrons. The first kappa shape index (κ1) is 11.0. The molecule has 0 unspecified atom stereocenters. The van der Waals surface area contributed by atoms with E-state index in [0.29, 0.717) is 0 Å². The molecule has 0 saturated heterocycles. The molecule has 1 rings (SSSR count). The minimum atomic E-state index is 0.827. The molecular formula is C9H13BrN2S. The van der Waals surface area contributed by atoms with Crippen molar-refractivity contribution >= 4 is 27.7 Å². The Morgan fingerprint density at radius 1 is 1.46 bits per heavy atom. The molecule has 0 aromatic carbocycles. The second kappa shape index (κ2) is 5.60. The van der Waals surface area contributed by atoms with Crippen LogP contribution in [-0.4, -0.2) is 15.7 Å². The van der Waals surface area contributed by atoms with Gasteiger partial charge in [0.2, 0.25) is 0 Å². The maximum atomic E-state index is 4.33. The van der Waals surface area contributed by atoms with E-state index in [0.717, 1.165) is 21.2 Å². The van der Waals surface area contributed by atoms with Crippen LogP contribution in [0.2, 0.25) is 0 Å². The second-order valence-corrected chi connectivity index (χ2v) is 4.71. The molecule has 0 aliphatic heterocycles. The number of hydrogen-bond acceptors (Lipinski definition) is 3. The average Bonchev–Trinajstić information content (AvgIpc) is 2.03. The molecule has 1 aromatic rings. The fourth-order valence-electron chi connectivity index (χ4n) is 0.901. The van der Waals surface area contributed by atoms with Gasteiger partial charge in [0, 0.05) is 6.07 Å². The van der Waals surface area contributed by atoms with Crippen molar-refractivity contribution in [3.63, 3.8) is 0 Å². The molecule has 1 heterocycles. The third kappa shape index (κ3) is 4.09. The Morgan fingerprint density at radius 3 is 2.85 bits per heavy atom. The van der Waals surface area contributed by atoms with E-state index in [2.05, 4.69) is 32.8 Å². The van der Waals surface area contributed by atoms with Crippen molar-refractivity contribution in [2.45, 2.75) is 31.7 Å². The van der Waals surface area contributed by atoms with Gasteiger partial charge in [-0.2, -0.15) is 0 Å². The van der Waals surface area contributed by atoms with Crippen LogP contribution in [-0.2, 0) is 0 Å². The minimum Gasteiger partial charge on any atom is -0.227 e. The quantitative estimate of drug-likeness (QED) is 0.471. The summed E-state index contributed by atoms with van der Waals surface area (Å²) in [6, 6.07) is 1.97. The number of unbranched alkanes of at least 4 members (excludes halogenated alkanes) is 1. The number of nitrogens with zero attached hydrogens (tertiary/aromatic N) is 2. The Morgan fingerprint density at radius 2 is 2.23 bits per heavy atom. The molecule has 0 atom stereocenters. The lowest BCUT2D eigenvalue weighted by Gasteiger charge is -2.01. The molecule has 0 aliphatic rings. The van der Waals surface area contributed by atoms with E-state index in [1.165, 1.54) is 12.8 Å². The molecule has 1 aromatic heterocycles. The maximum Gasteiger partial charge on any atom is 0.127 e. The minimum absolute atomic E-state index is 0.827. The van der Waals surface area contributed by atoms with Gasteiger partial charge in [-0.3, -0.25) is 0 Å². The third-order valence-electron chi connectivity index (χ3n) is 1.53. The van der Waals surface area contributed by atoms with Crippen molar-refractivity contribution in [3.05, 3.63) is 16.5 Å². The van der Waals surface area contributed by atoms with Crippen LogP contribution in [0.3, 0.4) is 0 Å². The molecule has 4 heteroatoms. The number of hydrogen-bond donors (Lipinski definition) is 0. The highest BCUT2D eigenvalue weighted by Gasteiger charge is 1.99. The Labute approximate surface area is 91.7 Å². The third-order valence-corrected chi connectivity index (χ3v) is 2.93. The molecule has 0 spiro atoms. The highest BCUT2D eigenvalue weighted by molar-refractivity contribution is 9.10. The fourth-order valence-corrected chi connectivity index (χ4v) is 2.56. The van der Waals surface area contributed by atoms with Crippen molar-refractivity contribution in [2.75, 3.05) is 5.75 Å². The zero-order chi connectivity index (χ0) is 9.68. The van der Waals surface area contributed by atoms with E-state index >= 15 is 0 Å². The van der Waals surface area contributed by atoms with E-state index in [1.807, 2.05) is 13.0 Å². The summed E-state index contributed by atoms with van der Waals surface area (Å²) in [6.45, 7) is 4.11. The van der Waals surface area contributed by atoms with Gasteiger partial charge >= 0.3 is 0 Å². The topological polar surface area (TPSA) is 25.8 Å². The predicted molar refractivity (Wildman–Crippen MR) is 60.1 cm³/mol. The molecule has 72 valence electrons. The van der Waals surface area contributed by atoms with Crippen LogP contribution in [0.25, 0.3) is 0 Å². The van der Waals surface area contributed by atoms with Gasteiger partial charge in [-0.25, -0.2) is 9.97 Å². The highest BCUT2D eigenvalue weighted by atomic mass is 79.9. The van der Waals surface area contributed by atoms with E-state index < -0.39 is 0 Å². The summed E-state index contributed by atoms with van der Waals surface area (Å²) in [5, 5.41) is 1.06. The molecule has 2 nitrogen and oxygen atoms in total. The van der Waals surface area contributed by atoms with Gasteiger partial charge in [-0.1, -0.05) is 13.3 Å². The Bertz CT molecular complexity index is 258. The van der Waals surface area contributed by atoms with Gasteiger partial charge in [0.15, 0.2) is 0 Å². The molecule has 0 saturated carbocycles. The lowest BCUT2D eigenvalue weighted by molar-refractivity contribution is 0.890. The maximum absolute atomic E-state index is 4.33. The van der Waals surface area contributed by atoms with Gasteiger partial charge in [-0.05, 0) is 35.0 Å². The van der Waals surface area contributed by atoms with E-state index in [1.54, 1.807) is 11.8 Å². The van der Waals surface area contributed by atoms with Crippen LogP contribution >= 0.6 is 27.7 Å². The molecule has 0 bridgehead atoms. The molecular weight excluding hydrogens is 248 g/mol. The monoisotopic (exact) mass is 260 g/mol. The van der Waals surface area contributed by atoms with Crippen LogP contribution in [0.1, 0.15) is 25.6 Å². The SMILES string of the molecule is CCCCSc1cc(Br)nc(C)n1. The van der Waals surface area contributed by atoms with Gasteiger partial charge in [0.1, 0.15) is 15.5 Å². The van der Waals surface area contributed by atoms with Crippen molar-refractivity contribution in [1.29, 1.82) is 0 Å². The summed E-state index contributed by atoms with van der Waals surface area (Å²) >= 11 is 5.15. The van der Waals surface area contributed by atoms with Crippen molar-refractivity contribution < 1.29 is 0 Å². The Hall–Kier alpha value is -0.0900. The van der Waals surface area contributed by atoms with E-state index in [4.69, 9.17) is 0 Å². The lowest BCUT2D eigenvalue weighted by Crippen LogP contribution is -1.90. The van der Waals surface area contributed by atoms with Gasteiger partial charge < -0.3 is 0 Å². The number of halogens is 1. The average molecular weight is 261 g/mol. The zero-order valence-electron chi connectivity index (χ0n) is 7.88. The standard InChI is InChI=1S/C9H13BrN2S/c1-3-4-5-13-9-6-8(10)11-7(2)12-9/h6H,3-5H2,1-2H3. The van der Waals surface area contributed by atoms with Crippen LogP contribution in [0.4, 0.5) is 0 Å². The van der Waals surface area contributed by atoms with Crippen LogP contribution < -0.4 is 0 Å². The summed E-state index contributed by atoms with van der Waals surface area (Å²) in [5.74, 6) is 1.97. The highest BCUT2D eigenvalue weighted by Crippen LogP contribution is 2.19. The summed E-state index contributed by atoms with van der Waals surface area (Å²) in [7, 11) is 0. The van der Waals surface area contributed by atoms with Crippen LogP contribution in [0.5, 0.6) is 0 Å². The summed E-state index contributed by atoms with van der Waals surface area (Å²) in [5.41, 5.74) is 0. The summed E-state index contributed by atoms with van der Waals surface area (Å²) in [4.78, 5) is 8.48. The molecule has 0 amide bonds. The molecule has 0 N–H and O–H groups in total. The van der Waals surface area contributed by atoms with Gasteiger partial charge in [-0.15, -0.1) is 11.8 Å². The Balaban J connectivity index is 2.56. The lowest BCUT2D eigenvalue weighted by atomic mass is 10.4. The predicted octanol–water partition coefficient (Wildman–Crippen LogP) is 3.44. The van der Waals surface area contributed by atoms with Crippen LogP contribution in [0, 0.1) is 6.92 Å². The second-order valence-electron chi connectivity index (χ2n) is 2.78. The largest absolute Gasteiger partial charge is 0.227 e. The fraction of sp³-hybridized carbons (Fsp3) is 0.556. The Kier molecular flexibility index (Phi) is 4.73. The number of aryl methyl sites for hydroxylation is 1. The number of thioether (sulfide) groups is 1. The first-order chi connectivity index (χ1) is 6.22. The van der Waals surface area contributed by atoms with E-state index in [9.17, 15) is 0 Å². The number of aromatic nitrogens is 2. The summed E-state index contributed by atoms with van der Waals surface area (Å²) < 4.78 is 0.874. The van der Waals surface area contributed by atoms with Crippen molar-refractivity contribution in [1.82, 2.24) is 9.97 Å². The first-order valence-corrected chi connectivity index (χ1v) is 6.14. The van der Waals surface area contributed by atoms with Crippen molar-refractivity contribution in [3.8, 4) is 0 Å².